The van der Waals surface area contributed by atoms with Gasteiger partial charge in [0, 0.05) is 5.02 Å². The number of hydrogen-bond acceptors (Lipinski definition) is 6. The molecule has 0 unspecified atom stereocenters. The number of fused-ring (bicyclic) bond motifs is 1. The van der Waals surface area contributed by atoms with Crippen molar-refractivity contribution in [2.75, 3.05) is 12.1 Å². The minimum Gasteiger partial charge on any atom is -0.493 e. The Morgan fingerprint density at radius 1 is 1.22 bits per heavy atom. The first kappa shape index (κ1) is 17.3. The number of carbonyl (C=O) groups excluding carboxylic acids is 2. The number of rotatable bonds is 3. The number of methoxy groups -OCH3 is 1. The van der Waals surface area contributed by atoms with Crippen LogP contribution >= 0.6 is 22.9 Å². The summed E-state index contributed by atoms with van der Waals surface area (Å²) in [5.41, 5.74) is 3.77. The van der Waals surface area contributed by atoms with E-state index in [-0.39, 0.29) is 5.57 Å². The first-order valence-corrected chi connectivity index (χ1v) is 8.90. The molecule has 1 N–H and O–H groups in total. The third kappa shape index (κ3) is 3.09. The smallest absolute Gasteiger partial charge is 0.396 e. The zero-order valence-electron chi connectivity index (χ0n) is 13.8. The highest BCUT2D eigenvalue weighted by atomic mass is 35.5. The van der Waals surface area contributed by atoms with Gasteiger partial charge in [-0.1, -0.05) is 29.0 Å². The molecular weight excluding hydrogens is 392 g/mol. The molecule has 4 rings (SSSR count). The van der Waals surface area contributed by atoms with Gasteiger partial charge in [0.1, 0.15) is 5.57 Å². The lowest BCUT2D eigenvalue weighted by Crippen LogP contribution is -2.35. The molecule has 136 valence electrons. The summed E-state index contributed by atoms with van der Waals surface area (Å²) in [5.74, 6) is -0.712. The molecule has 1 aliphatic heterocycles. The largest absolute Gasteiger partial charge is 0.493 e. The second kappa shape index (κ2) is 6.57. The maximum absolute atomic E-state index is 12.7. The van der Waals surface area contributed by atoms with Gasteiger partial charge in [0.25, 0.3) is 11.8 Å². The predicted molar refractivity (Wildman–Crippen MR) is 102 cm³/mol. The third-order valence-electron chi connectivity index (χ3n) is 3.91. The molecule has 1 fully saturated rings. The average Bonchev–Trinajstić information content (AvgIpc) is 3.14. The molecule has 3 aromatic rings. The van der Waals surface area contributed by atoms with Crippen LogP contribution in [0.2, 0.25) is 5.02 Å². The highest BCUT2D eigenvalue weighted by Crippen LogP contribution is 2.31. The fraction of sp³-hybridized carbons (Fsp3) is 0.0556. The number of anilines is 1. The van der Waals surface area contributed by atoms with Crippen molar-refractivity contribution in [3.05, 3.63) is 62.3 Å². The molecule has 9 heteroatoms. The standard InChI is InChI=1S/C18H11ClN2O5S/c1-25-13-6-9(7-14-15(13)26-18(24)27-14)5-12-16(22)20-21(17(12)23)11-4-2-3-10(19)8-11/h2-8H,1H3,(H,20,22)/b12-5-. The van der Waals surface area contributed by atoms with Crippen LogP contribution in [-0.2, 0) is 9.59 Å². The lowest BCUT2D eigenvalue weighted by molar-refractivity contribution is -0.117. The number of ether oxygens (including phenoxy) is 1. The Hall–Kier alpha value is -3.10. The molecule has 0 spiro atoms. The van der Waals surface area contributed by atoms with Crippen molar-refractivity contribution in [2.24, 2.45) is 0 Å². The van der Waals surface area contributed by atoms with Crippen molar-refractivity contribution in [1.29, 1.82) is 0 Å². The lowest BCUT2D eigenvalue weighted by atomic mass is 10.1. The van der Waals surface area contributed by atoms with Crippen molar-refractivity contribution in [3.8, 4) is 5.75 Å². The average molecular weight is 403 g/mol. The van der Waals surface area contributed by atoms with Crippen LogP contribution < -0.4 is 20.1 Å². The molecule has 2 amide bonds. The Balaban J connectivity index is 1.75. The fourth-order valence-electron chi connectivity index (χ4n) is 2.72. The predicted octanol–water partition coefficient (Wildman–Crippen LogP) is 2.98. The fourth-order valence-corrected chi connectivity index (χ4v) is 3.64. The van der Waals surface area contributed by atoms with Gasteiger partial charge < -0.3 is 9.15 Å². The first-order chi connectivity index (χ1) is 13.0. The van der Waals surface area contributed by atoms with Crippen LogP contribution in [0.4, 0.5) is 5.69 Å². The Morgan fingerprint density at radius 3 is 2.78 bits per heavy atom. The number of benzene rings is 2. The van der Waals surface area contributed by atoms with E-state index in [1.165, 1.54) is 13.2 Å². The minimum atomic E-state index is -0.542. The summed E-state index contributed by atoms with van der Waals surface area (Å²) in [6.45, 7) is 0. The molecule has 7 nitrogen and oxygen atoms in total. The van der Waals surface area contributed by atoms with Gasteiger partial charge in [0.15, 0.2) is 11.3 Å². The van der Waals surface area contributed by atoms with E-state index >= 15 is 0 Å². The van der Waals surface area contributed by atoms with Gasteiger partial charge in [-0.3, -0.25) is 15.0 Å². The Morgan fingerprint density at radius 2 is 2.04 bits per heavy atom. The zero-order chi connectivity index (χ0) is 19.1. The highest BCUT2D eigenvalue weighted by molar-refractivity contribution is 7.16. The normalized spacial score (nSPS) is 15.6. The Kier molecular flexibility index (Phi) is 4.21. The molecule has 1 aliphatic rings. The van der Waals surface area contributed by atoms with Crippen LogP contribution in [0.25, 0.3) is 16.4 Å². The maximum atomic E-state index is 12.7. The van der Waals surface area contributed by atoms with Crippen LogP contribution in [0.3, 0.4) is 0 Å². The molecule has 2 heterocycles. The number of hydrogen-bond donors (Lipinski definition) is 1. The number of carbonyl (C=O) groups is 2. The molecule has 0 aliphatic carbocycles. The summed E-state index contributed by atoms with van der Waals surface area (Å²) in [5, 5.41) is 1.57. The van der Waals surface area contributed by atoms with E-state index in [1.54, 1.807) is 36.4 Å². The van der Waals surface area contributed by atoms with Crippen molar-refractivity contribution < 1.29 is 18.7 Å². The van der Waals surface area contributed by atoms with Gasteiger partial charge in [-0.25, -0.2) is 9.80 Å². The number of nitrogens with zero attached hydrogens (tertiary/aromatic N) is 1. The van der Waals surface area contributed by atoms with Crippen LogP contribution in [-0.4, -0.2) is 18.9 Å². The summed E-state index contributed by atoms with van der Waals surface area (Å²) < 4.78 is 10.9. The zero-order valence-corrected chi connectivity index (χ0v) is 15.4. The van der Waals surface area contributed by atoms with E-state index in [9.17, 15) is 14.4 Å². The number of amides is 2. The third-order valence-corrected chi connectivity index (χ3v) is 4.92. The molecule has 0 bridgehead atoms. The molecule has 0 radical (unpaired) electrons. The molecule has 0 atom stereocenters. The van der Waals surface area contributed by atoms with E-state index < -0.39 is 16.8 Å². The van der Waals surface area contributed by atoms with Gasteiger partial charge in [-0.2, -0.15) is 0 Å². The minimum absolute atomic E-state index is 0.0489. The summed E-state index contributed by atoms with van der Waals surface area (Å²) in [7, 11) is 1.44. The lowest BCUT2D eigenvalue weighted by Gasteiger charge is -2.14. The van der Waals surface area contributed by atoms with E-state index in [0.29, 0.717) is 32.3 Å². The van der Waals surface area contributed by atoms with Crippen molar-refractivity contribution >= 4 is 56.8 Å². The van der Waals surface area contributed by atoms with Gasteiger partial charge in [-0.15, -0.1) is 0 Å². The Bertz CT molecular complexity index is 1180. The number of nitrogens with one attached hydrogen (secondary N) is 1. The van der Waals surface area contributed by atoms with Crippen LogP contribution in [0.1, 0.15) is 5.56 Å². The second-order valence-corrected chi connectivity index (χ2v) is 7.04. The number of halogens is 1. The van der Waals surface area contributed by atoms with Crippen LogP contribution in [0.15, 0.2) is 51.2 Å². The van der Waals surface area contributed by atoms with Crippen molar-refractivity contribution in [3.63, 3.8) is 0 Å². The summed E-state index contributed by atoms with van der Waals surface area (Å²) in [6, 6.07) is 9.82. The molecule has 1 aromatic heterocycles. The summed E-state index contributed by atoms with van der Waals surface area (Å²) in [6.07, 6.45) is 1.44. The van der Waals surface area contributed by atoms with E-state index in [2.05, 4.69) is 5.43 Å². The van der Waals surface area contributed by atoms with Crippen molar-refractivity contribution in [2.45, 2.75) is 0 Å². The topological polar surface area (TPSA) is 88.9 Å². The van der Waals surface area contributed by atoms with Crippen LogP contribution in [0, 0.1) is 0 Å². The van der Waals surface area contributed by atoms with E-state index in [0.717, 1.165) is 16.3 Å². The van der Waals surface area contributed by atoms with Gasteiger partial charge in [-0.05, 0) is 42.0 Å². The molecular formula is C18H11ClN2O5S. The van der Waals surface area contributed by atoms with Gasteiger partial charge in [0.2, 0.25) is 0 Å². The van der Waals surface area contributed by atoms with E-state index in [1.807, 2.05) is 0 Å². The molecule has 1 saturated heterocycles. The quantitative estimate of drug-likeness (QED) is 0.537. The monoisotopic (exact) mass is 402 g/mol. The Labute approximate surface area is 161 Å². The SMILES string of the molecule is COc1cc(/C=C2/C(=O)NN(c3cccc(Cl)c3)C2=O)cc2sc(=O)oc12. The summed E-state index contributed by atoms with van der Waals surface area (Å²) in [4.78, 5) is 36.0. The van der Waals surface area contributed by atoms with E-state index in [4.69, 9.17) is 20.8 Å². The maximum Gasteiger partial charge on any atom is 0.396 e. The first-order valence-electron chi connectivity index (χ1n) is 7.70. The second-order valence-electron chi connectivity index (χ2n) is 5.62. The summed E-state index contributed by atoms with van der Waals surface area (Å²) >= 11 is 6.86. The van der Waals surface area contributed by atoms with Gasteiger partial charge in [0.05, 0.1) is 17.5 Å². The van der Waals surface area contributed by atoms with Gasteiger partial charge >= 0.3 is 4.94 Å². The number of hydrazine groups is 1. The van der Waals surface area contributed by atoms with Crippen LogP contribution in [0.5, 0.6) is 5.75 Å². The molecule has 0 saturated carbocycles. The molecule has 27 heavy (non-hydrogen) atoms. The molecule has 2 aromatic carbocycles. The highest BCUT2D eigenvalue weighted by Gasteiger charge is 2.34. The van der Waals surface area contributed by atoms with Crippen molar-refractivity contribution in [1.82, 2.24) is 5.43 Å².